The van der Waals surface area contributed by atoms with Crippen LogP contribution in [0.15, 0.2) is 0 Å². The number of nitrogens with zero attached hydrogens (tertiary/aromatic N) is 6. The highest BCUT2D eigenvalue weighted by molar-refractivity contribution is 5.80. The molecule has 0 N–H and O–H groups in total. The summed E-state index contributed by atoms with van der Waals surface area (Å²) in [6.07, 6.45) is 1.03. The summed E-state index contributed by atoms with van der Waals surface area (Å²) in [5.74, 6) is 1.70. The van der Waals surface area contributed by atoms with Gasteiger partial charge in [0.05, 0.1) is 13.2 Å². The fourth-order valence-corrected chi connectivity index (χ4v) is 3.17. The smallest absolute Gasteiger partial charge is 0.323 e. The van der Waals surface area contributed by atoms with E-state index >= 15 is 0 Å². The third-order valence-electron chi connectivity index (χ3n) is 5.02. The highest BCUT2D eigenvalue weighted by atomic mass is 16.5. The summed E-state index contributed by atoms with van der Waals surface area (Å²) in [5, 5.41) is 0. The van der Waals surface area contributed by atoms with Gasteiger partial charge in [0.1, 0.15) is 12.4 Å². The molecule has 1 fully saturated rings. The van der Waals surface area contributed by atoms with E-state index in [1.807, 2.05) is 0 Å². The van der Waals surface area contributed by atoms with E-state index in [9.17, 15) is 4.79 Å². The van der Waals surface area contributed by atoms with Gasteiger partial charge in [0.15, 0.2) is 0 Å². The number of rotatable bonds is 12. The minimum atomic E-state index is 0.0473. The predicted octanol–water partition coefficient (Wildman–Crippen LogP) is 1.87. The number of ketones is 1. The molecule has 0 aromatic carbocycles. The van der Waals surface area contributed by atoms with Crippen molar-refractivity contribution in [1.29, 1.82) is 0 Å². The molecule has 0 amide bonds. The minimum absolute atomic E-state index is 0.0473. The Kier molecular flexibility index (Phi) is 9.71. The molecular weight excluding hydrogens is 384 g/mol. The molecule has 0 aliphatic carbocycles. The van der Waals surface area contributed by atoms with Crippen LogP contribution in [0.5, 0.6) is 6.01 Å². The Morgan fingerprint density at radius 1 is 1.03 bits per heavy atom. The fourth-order valence-electron chi connectivity index (χ4n) is 3.17. The molecule has 0 atom stereocenters. The lowest BCUT2D eigenvalue weighted by Crippen LogP contribution is -2.49. The van der Waals surface area contributed by atoms with Crippen molar-refractivity contribution in [3.8, 4) is 6.01 Å². The SMILES string of the molecule is CC(=O)CN(C)c1nc(OCCOCCC(C)C)nc(N2CCN(C(C)C)CC2)n1. The van der Waals surface area contributed by atoms with Crippen molar-refractivity contribution in [2.75, 3.05) is 69.4 Å². The minimum Gasteiger partial charge on any atom is -0.461 e. The molecule has 0 spiro atoms. The predicted molar refractivity (Wildman–Crippen MR) is 118 cm³/mol. The van der Waals surface area contributed by atoms with E-state index in [1.54, 1.807) is 18.9 Å². The maximum Gasteiger partial charge on any atom is 0.323 e. The van der Waals surface area contributed by atoms with E-state index in [0.29, 0.717) is 37.1 Å². The van der Waals surface area contributed by atoms with Crippen molar-refractivity contribution in [1.82, 2.24) is 19.9 Å². The second-order valence-corrected chi connectivity index (χ2v) is 8.54. The fraction of sp³-hybridized carbons (Fsp3) is 0.810. The van der Waals surface area contributed by atoms with Crippen LogP contribution in [0.2, 0.25) is 0 Å². The molecule has 0 saturated carbocycles. The van der Waals surface area contributed by atoms with Crippen molar-refractivity contribution in [3.05, 3.63) is 0 Å². The second kappa shape index (κ2) is 12.0. The molecule has 2 heterocycles. The Bertz CT molecular complexity index is 662. The number of aromatic nitrogens is 3. The third kappa shape index (κ3) is 8.02. The van der Waals surface area contributed by atoms with Gasteiger partial charge in [0, 0.05) is 45.9 Å². The maximum atomic E-state index is 11.5. The Morgan fingerprint density at radius 3 is 2.33 bits per heavy atom. The number of hydrogen-bond donors (Lipinski definition) is 0. The molecule has 9 heteroatoms. The number of hydrogen-bond acceptors (Lipinski definition) is 9. The van der Waals surface area contributed by atoms with Crippen LogP contribution in [0, 0.1) is 5.92 Å². The van der Waals surface area contributed by atoms with E-state index in [1.165, 1.54) is 0 Å². The molecule has 1 aliphatic heterocycles. The van der Waals surface area contributed by atoms with Crippen LogP contribution in [0.25, 0.3) is 0 Å². The van der Waals surface area contributed by atoms with Gasteiger partial charge in [-0.2, -0.15) is 15.0 Å². The van der Waals surface area contributed by atoms with E-state index in [4.69, 9.17) is 9.47 Å². The molecule has 1 aromatic heterocycles. The van der Waals surface area contributed by atoms with Gasteiger partial charge < -0.3 is 19.3 Å². The largest absolute Gasteiger partial charge is 0.461 e. The average Bonchev–Trinajstić information content (AvgIpc) is 2.69. The number of carbonyl (C=O) groups is 1. The van der Waals surface area contributed by atoms with Crippen LogP contribution in [-0.4, -0.2) is 91.3 Å². The topological polar surface area (TPSA) is 83.9 Å². The first-order chi connectivity index (χ1) is 14.3. The summed E-state index contributed by atoms with van der Waals surface area (Å²) >= 11 is 0. The summed E-state index contributed by atoms with van der Waals surface area (Å²) < 4.78 is 11.4. The van der Waals surface area contributed by atoms with Gasteiger partial charge in [-0.15, -0.1) is 0 Å². The molecule has 0 bridgehead atoms. The van der Waals surface area contributed by atoms with Crippen molar-refractivity contribution in [2.24, 2.45) is 5.92 Å². The molecule has 30 heavy (non-hydrogen) atoms. The maximum absolute atomic E-state index is 11.5. The normalized spacial score (nSPS) is 15.1. The number of likely N-dealkylation sites (N-methyl/N-ethyl adjacent to an activating group) is 1. The first-order valence-electron chi connectivity index (χ1n) is 10.9. The van der Waals surface area contributed by atoms with Gasteiger partial charge in [0.2, 0.25) is 11.9 Å². The molecule has 170 valence electrons. The van der Waals surface area contributed by atoms with Gasteiger partial charge in [0.25, 0.3) is 0 Å². The van der Waals surface area contributed by atoms with Crippen LogP contribution in [0.3, 0.4) is 0 Å². The Hall–Kier alpha value is -2.00. The molecular formula is C21H38N6O3. The molecule has 1 aliphatic rings. The summed E-state index contributed by atoms with van der Waals surface area (Å²) in [6.45, 7) is 15.7. The molecule has 1 saturated heterocycles. The van der Waals surface area contributed by atoms with Gasteiger partial charge in [-0.25, -0.2) is 0 Å². The van der Waals surface area contributed by atoms with Crippen molar-refractivity contribution >= 4 is 17.7 Å². The van der Waals surface area contributed by atoms with Crippen LogP contribution in [0.1, 0.15) is 41.0 Å². The molecule has 0 unspecified atom stereocenters. The van der Waals surface area contributed by atoms with Crippen LogP contribution in [-0.2, 0) is 9.53 Å². The molecule has 9 nitrogen and oxygen atoms in total. The first kappa shape index (κ1) is 24.3. The first-order valence-corrected chi connectivity index (χ1v) is 10.9. The monoisotopic (exact) mass is 422 g/mol. The number of ether oxygens (including phenoxy) is 2. The Balaban J connectivity index is 2.04. The zero-order valence-corrected chi connectivity index (χ0v) is 19.4. The summed E-state index contributed by atoms with van der Waals surface area (Å²) in [5.41, 5.74) is 0. The number of anilines is 2. The van der Waals surface area contributed by atoms with E-state index in [0.717, 1.165) is 39.2 Å². The van der Waals surface area contributed by atoms with Gasteiger partial charge >= 0.3 is 6.01 Å². The van der Waals surface area contributed by atoms with Crippen molar-refractivity contribution in [2.45, 2.75) is 47.1 Å². The molecule has 2 rings (SSSR count). The van der Waals surface area contributed by atoms with Crippen LogP contribution >= 0.6 is 0 Å². The Labute approximate surface area is 180 Å². The summed E-state index contributed by atoms with van der Waals surface area (Å²) in [4.78, 5) is 31.4. The highest BCUT2D eigenvalue weighted by Crippen LogP contribution is 2.19. The van der Waals surface area contributed by atoms with Gasteiger partial charge in [-0.05, 0) is 33.1 Å². The van der Waals surface area contributed by atoms with Crippen LogP contribution in [0.4, 0.5) is 11.9 Å². The number of Topliss-reactive ketones (excluding diaryl/α,β-unsaturated/α-hetero) is 1. The lowest BCUT2D eigenvalue weighted by Gasteiger charge is -2.37. The second-order valence-electron chi connectivity index (χ2n) is 8.54. The molecule has 1 aromatic rings. The van der Waals surface area contributed by atoms with Crippen molar-refractivity contribution in [3.63, 3.8) is 0 Å². The quantitative estimate of drug-likeness (QED) is 0.469. The number of piperazine rings is 1. The van der Waals surface area contributed by atoms with Crippen molar-refractivity contribution < 1.29 is 14.3 Å². The van der Waals surface area contributed by atoms with E-state index < -0.39 is 0 Å². The lowest BCUT2D eigenvalue weighted by molar-refractivity contribution is -0.115. The summed E-state index contributed by atoms with van der Waals surface area (Å²) in [7, 11) is 1.80. The third-order valence-corrected chi connectivity index (χ3v) is 5.02. The summed E-state index contributed by atoms with van der Waals surface area (Å²) in [6, 6.07) is 0.793. The van der Waals surface area contributed by atoms with Gasteiger partial charge in [-0.3, -0.25) is 9.69 Å². The standard InChI is InChI=1S/C21H38N6O3/c1-16(2)7-12-29-13-14-30-21-23-19(25(6)15-18(5)28)22-20(24-21)27-10-8-26(9-11-27)17(3)4/h16-17H,7-15H2,1-6H3. The Morgan fingerprint density at radius 2 is 1.73 bits per heavy atom. The average molecular weight is 423 g/mol. The molecule has 0 radical (unpaired) electrons. The lowest BCUT2D eigenvalue weighted by atomic mass is 10.1. The zero-order chi connectivity index (χ0) is 22.1. The van der Waals surface area contributed by atoms with Gasteiger partial charge in [-0.1, -0.05) is 13.8 Å². The zero-order valence-electron chi connectivity index (χ0n) is 19.4. The highest BCUT2D eigenvalue weighted by Gasteiger charge is 2.23. The van der Waals surface area contributed by atoms with E-state index in [-0.39, 0.29) is 18.3 Å². The van der Waals surface area contributed by atoms with E-state index in [2.05, 4.69) is 52.4 Å². The number of carbonyl (C=O) groups excluding carboxylic acids is 1. The van der Waals surface area contributed by atoms with Crippen LogP contribution < -0.4 is 14.5 Å².